The summed E-state index contributed by atoms with van der Waals surface area (Å²) >= 11 is 0. The van der Waals surface area contributed by atoms with Crippen LogP contribution in [0.2, 0.25) is 0 Å². The van der Waals surface area contributed by atoms with Gasteiger partial charge >= 0.3 is 6.03 Å². The Bertz CT molecular complexity index is 758. The molecule has 1 fully saturated rings. The van der Waals surface area contributed by atoms with Crippen molar-refractivity contribution < 1.29 is 14.7 Å². The molecule has 124 valence electrons. The van der Waals surface area contributed by atoms with E-state index >= 15 is 0 Å². The quantitative estimate of drug-likeness (QED) is 0.849. The van der Waals surface area contributed by atoms with Gasteiger partial charge in [0.1, 0.15) is 5.54 Å². The predicted octanol–water partition coefficient (Wildman–Crippen LogP) is 2.50. The molecule has 0 aromatic heterocycles. The summed E-state index contributed by atoms with van der Waals surface area (Å²) in [6.45, 7) is 3.58. The van der Waals surface area contributed by atoms with Gasteiger partial charge in [-0.15, -0.1) is 0 Å². The Balaban J connectivity index is 1.82. The molecule has 1 heterocycles. The van der Waals surface area contributed by atoms with E-state index in [0.29, 0.717) is 5.56 Å². The number of aryl methyl sites for hydroxylation is 1. The molecule has 1 saturated heterocycles. The molecule has 0 bridgehead atoms. The SMILES string of the molecule is Cc1ccc([C@@]2(C)NC(=O)N(C[C@H](O)c3ccccc3)C2=O)cc1. The van der Waals surface area contributed by atoms with Gasteiger partial charge in [-0.1, -0.05) is 60.2 Å². The Hall–Kier alpha value is -2.66. The lowest BCUT2D eigenvalue weighted by molar-refractivity contribution is -0.132. The average Bonchev–Trinajstić information content (AvgIpc) is 2.80. The number of hydrogen-bond donors (Lipinski definition) is 2. The summed E-state index contributed by atoms with van der Waals surface area (Å²) in [5.74, 6) is -0.355. The van der Waals surface area contributed by atoms with Gasteiger partial charge in [0.05, 0.1) is 12.6 Å². The second-order valence-corrected chi connectivity index (χ2v) is 6.26. The summed E-state index contributed by atoms with van der Waals surface area (Å²) in [5, 5.41) is 13.1. The van der Waals surface area contributed by atoms with E-state index in [1.807, 2.05) is 37.3 Å². The van der Waals surface area contributed by atoms with Crippen LogP contribution in [0.3, 0.4) is 0 Å². The van der Waals surface area contributed by atoms with Crippen LogP contribution >= 0.6 is 0 Å². The van der Waals surface area contributed by atoms with Crippen molar-refractivity contribution in [2.45, 2.75) is 25.5 Å². The molecule has 0 saturated carbocycles. The van der Waals surface area contributed by atoms with E-state index in [2.05, 4.69) is 5.32 Å². The van der Waals surface area contributed by atoms with Gasteiger partial charge in [0.2, 0.25) is 0 Å². The van der Waals surface area contributed by atoms with Gasteiger partial charge in [0.25, 0.3) is 5.91 Å². The number of amides is 3. The first-order valence-electron chi connectivity index (χ1n) is 7.86. The second-order valence-electron chi connectivity index (χ2n) is 6.26. The van der Waals surface area contributed by atoms with Crippen molar-refractivity contribution in [1.82, 2.24) is 10.2 Å². The summed E-state index contributed by atoms with van der Waals surface area (Å²) in [6.07, 6.45) is -0.915. The molecular weight excluding hydrogens is 304 g/mol. The number of aliphatic hydroxyl groups excluding tert-OH is 1. The Labute approximate surface area is 140 Å². The van der Waals surface area contributed by atoms with Crippen LogP contribution in [0.1, 0.15) is 29.7 Å². The van der Waals surface area contributed by atoms with Crippen LogP contribution in [-0.4, -0.2) is 28.5 Å². The molecule has 2 aromatic rings. The van der Waals surface area contributed by atoms with E-state index in [1.54, 1.807) is 31.2 Å². The molecule has 2 aromatic carbocycles. The molecule has 2 N–H and O–H groups in total. The lowest BCUT2D eigenvalue weighted by Gasteiger charge is -2.23. The van der Waals surface area contributed by atoms with Gasteiger partial charge in [0, 0.05) is 0 Å². The Kier molecular flexibility index (Phi) is 4.11. The van der Waals surface area contributed by atoms with Gasteiger partial charge in [-0.25, -0.2) is 4.79 Å². The summed E-state index contributed by atoms with van der Waals surface area (Å²) < 4.78 is 0. The number of benzene rings is 2. The van der Waals surface area contributed by atoms with Crippen molar-refractivity contribution >= 4 is 11.9 Å². The van der Waals surface area contributed by atoms with Crippen LogP contribution in [0.5, 0.6) is 0 Å². The van der Waals surface area contributed by atoms with Crippen molar-refractivity contribution in [3.8, 4) is 0 Å². The standard InChI is InChI=1S/C19H20N2O3/c1-13-8-10-15(11-9-13)19(2)17(23)21(18(24)20-19)12-16(22)14-6-4-3-5-7-14/h3-11,16,22H,12H2,1-2H3,(H,20,24)/t16-,19+/m0/s1. The van der Waals surface area contributed by atoms with Crippen LogP contribution < -0.4 is 5.32 Å². The number of rotatable bonds is 4. The third-order valence-electron chi connectivity index (χ3n) is 4.44. The minimum Gasteiger partial charge on any atom is -0.387 e. The summed E-state index contributed by atoms with van der Waals surface area (Å²) in [4.78, 5) is 26.2. The zero-order chi connectivity index (χ0) is 17.3. The van der Waals surface area contributed by atoms with Gasteiger partial charge < -0.3 is 10.4 Å². The number of nitrogens with one attached hydrogen (secondary N) is 1. The largest absolute Gasteiger partial charge is 0.387 e. The molecule has 0 aliphatic carbocycles. The molecule has 0 radical (unpaired) electrons. The molecule has 1 aliphatic heterocycles. The highest BCUT2D eigenvalue weighted by atomic mass is 16.3. The van der Waals surface area contributed by atoms with Crippen LogP contribution in [0.25, 0.3) is 0 Å². The molecule has 0 unspecified atom stereocenters. The molecule has 24 heavy (non-hydrogen) atoms. The van der Waals surface area contributed by atoms with E-state index in [1.165, 1.54) is 0 Å². The summed E-state index contributed by atoms with van der Waals surface area (Å²) in [7, 11) is 0. The molecule has 0 spiro atoms. The summed E-state index contributed by atoms with van der Waals surface area (Å²) in [5.41, 5.74) is 1.36. The van der Waals surface area contributed by atoms with Crippen molar-refractivity contribution in [3.05, 3.63) is 71.3 Å². The van der Waals surface area contributed by atoms with Crippen molar-refractivity contribution in [2.24, 2.45) is 0 Å². The highest BCUT2D eigenvalue weighted by molar-refractivity contribution is 6.07. The lowest BCUT2D eigenvalue weighted by Crippen LogP contribution is -2.41. The number of β-amino-alcohol motifs (C(OH)–C–C–N with tert-alkyl or cyclic N) is 1. The lowest BCUT2D eigenvalue weighted by atomic mass is 9.91. The topological polar surface area (TPSA) is 69.6 Å². The number of hydrogen-bond acceptors (Lipinski definition) is 3. The van der Waals surface area contributed by atoms with Crippen molar-refractivity contribution in [1.29, 1.82) is 0 Å². The minimum absolute atomic E-state index is 0.0733. The van der Waals surface area contributed by atoms with E-state index in [9.17, 15) is 14.7 Å². The maximum atomic E-state index is 12.8. The van der Waals surface area contributed by atoms with Crippen molar-refractivity contribution in [2.75, 3.05) is 6.54 Å². The van der Waals surface area contributed by atoms with E-state index in [4.69, 9.17) is 0 Å². The normalized spacial score (nSPS) is 21.7. The van der Waals surface area contributed by atoms with Crippen LogP contribution in [-0.2, 0) is 10.3 Å². The number of carbonyl (C=O) groups excluding carboxylic acids is 2. The van der Waals surface area contributed by atoms with Crippen LogP contribution in [0.4, 0.5) is 4.79 Å². The number of imide groups is 1. The Morgan fingerprint density at radius 2 is 1.71 bits per heavy atom. The Morgan fingerprint density at radius 1 is 1.08 bits per heavy atom. The molecule has 1 aliphatic rings. The second kappa shape index (κ2) is 6.09. The number of carbonyl (C=O) groups is 2. The maximum Gasteiger partial charge on any atom is 0.325 e. The monoisotopic (exact) mass is 324 g/mol. The van der Waals surface area contributed by atoms with E-state index in [0.717, 1.165) is 16.0 Å². The third-order valence-corrected chi connectivity index (χ3v) is 4.44. The van der Waals surface area contributed by atoms with Crippen molar-refractivity contribution in [3.63, 3.8) is 0 Å². The molecule has 5 nitrogen and oxygen atoms in total. The average molecular weight is 324 g/mol. The first-order valence-corrected chi connectivity index (χ1v) is 7.86. The number of urea groups is 1. The molecule has 5 heteroatoms. The zero-order valence-electron chi connectivity index (χ0n) is 13.7. The smallest absolute Gasteiger partial charge is 0.325 e. The zero-order valence-corrected chi connectivity index (χ0v) is 13.7. The summed E-state index contributed by atoms with van der Waals surface area (Å²) in [6, 6.07) is 16.0. The minimum atomic E-state index is -1.11. The van der Waals surface area contributed by atoms with Gasteiger partial charge in [0.15, 0.2) is 0 Å². The first kappa shape index (κ1) is 16.2. The fraction of sp³-hybridized carbons (Fsp3) is 0.263. The fourth-order valence-corrected chi connectivity index (χ4v) is 2.90. The fourth-order valence-electron chi connectivity index (χ4n) is 2.90. The number of aliphatic hydroxyl groups is 1. The number of nitrogens with zero attached hydrogens (tertiary/aromatic N) is 1. The highest BCUT2D eigenvalue weighted by Gasteiger charge is 2.49. The highest BCUT2D eigenvalue weighted by Crippen LogP contribution is 2.30. The van der Waals surface area contributed by atoms with Crippen LogP contribution in [0.15, 0.2) is 54.6 Å². The van der Waals surface area contributed by atoms with Gasteiger partial charge in [-0.05, 0) is 25.0 Å². The van der Waals surface area contributed by atoms with Gasteiger partial charge in [-0.2, -0.15) is 0 Å². The maximum absolute atomic E-state index is 12.8. The molecule has 3 amide bonds. The first-order chi connectivity index (χ1) is 11.4. The molecule has 2 atom stereocenters. The Morgan fingerprint density at radius 3 is 2.33 bits per heavy atom. The van der Waals surface area contributed by atoms with Crippen LogP contribution in [0, 0.1) is 6.92 Å². The molecular formula is C19H20N2O3. The van der Waals surface area contributed by atoms with Gasteiger partial charge in [-0.3, -0.25) is 9.69 Å². The molecule has 3 rings (SSSR count). The predicted molar refractivity (Wildman–Crippen MR) is 90.2 cm³/mol. The van der Waals surface area contributed by atoms with E-state index < -0.39 is 17.7 Å². The van der Waals surface area contributed by atoms with E-state index in [-0.39, 0.29) is 12.5 Å². The third kappa shape index (κ3) is 2.78.